The summed E-state index contributed by atoms with van der Waals surface area (Å²) in [4.78, 5) is 1.90. The quantitative estimate of drug-likeness (QED) is 0.358. The molecule has 0 saturated carbocycles. The van der Waals surface area contributed by atoms with E-state index >= 15 is 0 Å². The van der Waals surface area contributed by atoms with Crippen molar-refractivity contribution in [3.05, 3.63) is 11.2 Å². The number of likely N-dealkylation sites (N-methyl/N-ethyl adjacent to an activating group) is 1. The fourth-order valence-electron chi connectivity index (χ4n) is 0.617. The number of hydrogen-bond acceptors (Lipinski definition) is 6. The van der Waals surface area contributed by atoms with E-state index < -0.39 is 15.1 Å². The van der Waals surface area contributed by atoms with Gasteiger partial charge >= 0.3 is 0 Å². The Morgan fingerprint density at radius 1 is 1.36 bits per heavy atom. The van der Waals surface area contributed by atoms with Gasteiger partial charge in [0.05, 0.1) is 6.20 Å². The second-order valence-corrected chi connectivity index (χ2v) is 4.68. The Hall–Kier alpha value is -0.830. The zero-order valence-corrected chi connectivity index (χ0v) is 9.16. The van der Waals surface area contributed by atoms with Gasteiger partial charge in [0.1, 0.15) is 0 Å². The molecule has 84 valence electrons. The maximum atomic E-state index is 10.7. The van der Waals surface area contributed by atoms with Gasteiger partial charge in [0.2, 0.25) is 0 Å². The number of primary sulfonamides is 1. The summed E-state index contributed by atoms with van der Waals surface area (Å²) in [6, 6.07) is 0. The van der Waals surface area contributed by atoms with Crippen LogP contribution >= 0.6 is 0 Å². The van der Waals surface area contributed by atoms with Crippen molar-refractivity contribution in [1.29, 1.82) is 0 Å². The van der Waals surface area contributed by atoms with E-state index in [4.69, 9.17) is 16.7 Å². The highest BCUT2D eigenvalue weighted by molar-refractivity contribution is 7.92. The topological polar surface area (TPSA) is 119 Å². The molecule has 0 aliphatic rings. The number of rotatable bonds is 5. The van der Waals surface area contributed by atoms with Gasteiger partial charge in [-0.25, -0.2) is 19.4 Å². The lowest BCUT2D eigenvalue weighted by Crippen LogP contribution is -2.35. The lowest BCUT2D eigenvalue weighted by atomic mass is 10.5. The molecule has 0 radical (unpaired) electrons. The van der Waals surface area contributed by atoms with E-state index in [1.54, 1.807) is 0 Å². The zero-order valence-electron chi connectivity index (χ0n) is 8.34. The molecule has 8 heteroatoms. The standard InChI is InChI=1S/C6H17N5O2S/c1-10(2)3-4-11(8)5-6(7)14(9,12)13/h5H,3-4,7-8H2,1-2H3,(H2,9,12,13)/b6-5+. The monoisotopic (exact) mass is 223 g/mol. The van der Waals surface area contributed by atoms with Gasteiger partial charge in [0, 0.05) is 13.1 Å². The Labute approximate surface area is 84.1 Å². The van der Waals surface area contributed by atoms with Gasteiger partial charge in [-0.2, -0.15) is 0 Å². The van der Waals surface area contributed by atoms with Gasteiger partial charge in [-0.15, -0.1) is 0 Å². The van der Waals surface area contributed by atoms with Crippen molar-refractivity contribution >= 4 is 10.0 Å². The predicted molar refractivity (Wildman–Crippen MR) is 54.8 cm³/mol. The number of sulfonamides is 1. The lowest BCUT2D eigenvalue weighted by molar-refractivity contribution is 0.313. The van der Waals surface area contributed by atoms with Gasteiger partial charge in [0.15, 0.2) is 5.03 Å². The molecule has 0 rings (SSSR count). The summed E-state index contributed by atoms with van der Waals surface area (Å²) in [5, 5.41) is 5.50. The number of hydrogen-bond donors (Lipinski definition) is 3. The van der Waals surface area contributed by atoms with Crippen LogP contribution in [0.2, 0.25) is 0 Å². The molecule has 14 heavy (non-hydrogen) atoms. The molecule has 0 atom stereocenters. The van der Waals surface area contributed by atoms with Crippen LogP contribution in [0.25, 0.3) is 0 Å². The van der Waals surface area contributed by atoms with Crippen LogP contribution in [0.5, 0.6) is 0 Å². The average Bonchev–Trinajstić information content (AvgIpc) is 1.99. The van der Waals surface area contributed by atoms with Crippen LogP contribution in [0.3, 0.4) is 0 Å². The van der Waals surface area contributed by atoms with Crippen LogP contribution in [0.4, 0.5) is 0 Å². The first-order valence-electron chi connectivity index (χ1n) is 3.89. The molecule has 0 fully saturated rings. The van der Waals surface area contributed by atoms with Crippen LogP contribution < -0.4 is 16.7 Å². The van der Waals surface area contributed by atoms with Crippen molar-refractivity contribution in [2.45, 2.75) is 0 Å². The van der Waals surface area contributed by atoms with E-state index in [0.29, 0.717) is 13.1 Å². The van der Waals surface area contributed by atoms with Crippen molar-refractivity contribution in [2.24, 2.45) is 16.7 Å². The Morgan fingerprint density at radius 2 is 1.86 bits per heavy atom. The number of nitrogens with zero attached hydrogens (tertiary/aromatic N) is 2. The molecule has 0 bridgehead atoms. The Bertz CT molecular complexity index is 297. The van der Waals surface area contributed by atoms with E-state index in [1.807, 2.05) is 19.0 Å². The van der Waals surface area contributed by atoms with Crippen molar-refractivity contribution in [1.82, 2.24) is 9.91 Å². The molecule has 0 aromatic carbocycles. The molecule has 0 unspecified atom stereocenters. The number of nitrogens with two attached hydrogens (primary N) is 3. The molecule has 0 aliphatic carbocycles. The third kappa shape index (κ3) is 5.75. The minimum Gasteiger partial charge on any atom is -0.387 e. The highest BCUT2D eigenvalue weighted by atomic mass is 32.2. The van der Waals surface area contributed by atoms with Gasteiger partial charge in [-0.3, -0.25) is 0 Å². The predicted octanol–water partition coefficient (Wildman–Crippen LogP) is -2.23. The van der Waals surface area contributed by atoms with E-state index in [9.17, 15) is 8.42 Å². The van der Waals surface area contributed by atoms with Crippen molar-refractivity contribution in [3.63, 3.8) is 0 Å². The van der Waals surface area contributed by atoms with Gasteiger partial charge in [-0.1, -0.05) is 0 Å². The summed E-state index contributed by atoms with van der Waals surface area (Å²) in [5.41, 5.74) is 5.17. The van der Waals surface area contributed by atoms with Crippen LogP contribution in [0.1, 0.15) is 0 Å². The third-order valence-electron chi connectivity index (χ3n) is 1.43. The summed E-state index contributed by atoms with van der Waals surface area (Å²) in [6.07, 6.45) is 1.10. The summed E-state index contributed by atoms with van der Waals surface area (Å²) >= 11 is 0. The molecule has 0 heterocycles. The molecule has 0 aromatic heterocycles. The maximum Gasteiger partial charge on any atom is 0.254 e. The van der Waals surface area contributed by atoms with Crippen LogP contribution in [0, 0.1) is 0 Å². The minimum absolute atomic E-state index is 0.446. The van der Waals surface area contributed by atoms with E-state index in [2.05, 4.69) is 0 Å². The van der Waals surface area contributed by atoms with Gasteiger partial charge in [0.25, 0.3) is 10.0 Å². The maximum absolute atomic E-state index is 10.7. The second kappa shape index (κ2) is 5.15. The van der Waals surface area contributed by atoms with Crippen molar-refractivity contribution in [2.75, 3.05) is 27.2 Å². The van der Waals surface area contributed by atoms with Crippen molar-refractivity contribution < 1.29 is 8.42 Å². The normalized spacial score (nSPS) is 13.4. The SMILES string of the molecule is CN(C)CCN(N)/C=C(\N)S(N)(=O)=O. The first-order valence-corrected chi connectivity index (χ1v) is 5.44. The van der Waals surface area contributed by atoms with Crippen LogP contribution in [-0.2, 0) is 10.0 Å². The molecule has 0 amide bonds. The van der Waals surface area contributed by atoms with Crippen LogP contribution in [0.15, 0.2) is 11.2 Å². The van der Waals surface area contributed by atoms with E-state index in [-0.39, 0.29) is 0 Å². The number of hydrazine groups is 1. The van der Waals surface area contributed by atoms with E-state index in [1.165, 1.54) is 5.01 Å². The summed E-state index contributed by atoms with van der Waals surface area (Å²) < 4.78 is 21.4. The Balaban J connectivity index is 4.23. The first-order chi connectivity index (χ1) is 6.23. The van der Waals surface area contributed by atoms with Gasteiger partial charge < -0.3 is 15.6 Å². The molecule has 0 saturated heterocycles. The molecule has 0 aliphatic heterocycles. The van der Waals surface area contributed by atoms with E-state index in [0.717, 1.165) is 6.20 Å². The molecule has 0 spiro atoms. The van der Waals surface area contributed by atoms with Gasteiger partial charge in [-0.05, 0) is 14.1 Å². The first kappa shape index (κ1) is 13.2. The zero-order chi connectivity index (χ0) is 11.4. The summed E-state index contributed by atoms with van der Waals surface area (Å²) in [7, 11) is -0.0817. The lowest BCUT2D eigenvalue weighted by Gasteiger charge is -2.17. The fraction of sp³-hybridized carbons (Fsp3) is 0.667. The highest BCUT2D eigenvalue weighted by Gasteiger charge is 2.07. The summed E-state index contributed by atoms with van der Waals surface area (Å²) in [6.45, 7) is 1.15. The third-order valence-corrected chi connectivity index (χ3v) is 2.19. The molecular weight excluding hydrogens is 206 g/mol. The average molecular weight is 223 g/mol. The minimum atomic E-state index is -3.83. The summed E-state index contributed by atoms with van der Waals surface area (Å²) in [5.74, 6) is 5.45. The molecular formula is C6H17N5O2S. The second-order valence-electron chi connectivity index (χ2n) is 3.12. The molecule has 6 N–H and O–H groups in total. The van der Waals surface area contributed by atoms with Crippen molar-refractivity contribution in [3.8, 4) is 0 Å². The molecule has 7 nitrogen and oxygen atoms in total. The molecule has 0 aromatic rings. The largest absolute Gasteiger partial charge is 0.387 e. The Morgan fingerprint density at radius 3 is 2.21 bits per heavy atom. The fourth-order valence-corrected chi connectivity index (χ4v) is 0.899. The smallest absolute Gasteiger partial charge is 0.254 e. The Kier molecular flexibility index (Phi) is 4.85. The highest BCUT2D eigenvalue weighted by Crippen LogP contribution is 1.93. The van der Waals surface area contributed by atoms with Crippen LogP contribution in [-0.4, -0.2) is 45.5 Å².